The van der Waals surface area contributed by atoms with E-state index in [9.17, 15) is 5.11 Å². The average Bonchev–Trinajstić information content (AvgIpc) is 2.62. The highest BCUT2D eigenvalue weighted by molar-refractivity contribution is 9.10. The van der Waals surface area contributed by atoms with Gasteiger partial charge in [-0.15, -0.1) is 0 Å². The van der Waals surface area contributed by atoms with Gasteiger partial charge in [0.2, 0.25) is 0 Å². The number of aliphatic hydroxyl groups is 1. The fourth-order valence-corrected chi connectivity index (χ4v) is 3.30. The molecular formula is C15H15BrN2O. The third-order valence-corrected chi connectivity index (χ3v) is 4.11. The zero-order valence-corrected chi connectivity index (χ0v) is 12.0. The Morgan fingerprint density at radius 3 is 2.95 bits per heavy atom. The molecule has 1 aromatic heterocycles. The number of halogens is 1. The molecule has 3 rings (SSSR count). The predicted molar refractivity (Wildman–Crippen MR) is 77.5 cm³/mol. The van der Waals surface area contributed by atoms with Crippen molar-refractivity contribution in [2.45, 2.75) is 24.5 Å². The SMILES string of the molecule is NC1CC(O)(Cc2cncc(Br)c2)c2ccccc21. The molecule has 0 saturated heterocycles. The van der Waals surface area contributed by atoms with Crippen molar-refractivity contribution in [2.75, 3.05) is 0 Å². The maximum Gasteiger partial charge on any atom is 0.0958 e. The Hall–Kier alpha value is -1.23. The van der Waals surface area contributed by atoms with Crippen molar-refractivity contribution in [3.8, 4) is 0 Å². The van der Waals surface area contributed by atoms with Crippen LogP contribution in [0.25, 0.3) is 0 Å². The van der Waals surface area contributed by atoms with E-state index in [4.69, 9.17) is 5.73 Å². The van der Waals surface area contributed by atoms with Crippen molar-refractivity contribution >= 4 is 15.9 Å². The number of fused-ring (bicyclic) bond motifs is 1. The molecule has 0 spiro atoms. The molecule has 2 aromatic rings. The van der Waals surface area contributed by atoms with Gasteiger partial charge in [0.25, 0.3) is 0 Å². The highest BCUT2D eigenvalue weighted by atomic mass is 79.9. The first-order valence-corrected chi connectivity index (χ1v) is 7.04. The van der Waals surface area contributed by atoms with Crippen LogP contribution in [0.1, 0.15) is 29.2 Å². The fraction of sp³-hybridized carbons (Fsp3) is 0.267. The predicted octanol–water partition coefficient (Wildman–Crippen LogP) is 2.68. The van der Waals surface area contributed by atoms with Crippen LogP contribution in [0.2, 0.25) is 0 Å². The number of rotatable bonds is 2. The topological polar surface area (TPSA) is 59.1 Å². The van der Waals surface area contributed by atoms with E-state index in [1.165, 1.54) is 0 Å². The Morgan fingerprint density at radius 2 is 2.16 bits per heavy atom. The molecule has 0 bridgehead atoms. The molecule has 2 unspecified atom stereocenters. The molecule has 0 fully saturated rings. The summed E-state index contributed by atoms with van der Waals surface area (Å²) >= 11 is 3.40. The van der Waals surface area contributed by atoms with Gasteiger partial charge in [-0.3, -0.25) is 4.98 Å². The van der Waals surface area contributed by atoms with Crippen molar-refractivity contribution in [3.63, 3.8) is 0 Å². The maximum absolute atomic E-state index is 10.9. The molecule has 98 valence electrons. The molecule has 0 aliphatic heterocycles. The molecule has 2 atom stereocenters. The Balaban J connectivity index is 1.97. The molecule has 1 heterocycles. The lowest BCUT2D eigenvalue weighted by atomic mass is 9.89. The molecule has 1 aliphatic rings. The molecule has 4 heteroatoms. The summed E-state index contributed by atoms with van der Waals surface area (Å²) in [4.78, 5) is 4.14. The van der Waals surface area contributed by atoms with Crippen LogP contribution >= 0.6 is 15.9 Å². The van der Waals surface area contributed by atoms with Gasteiger partial charge in [-0.05, 0) is 45.1 Å². The lowest BCUT2D eigenvalue weighted by Crippen LogP contribution is -2.26. The Labute approximate surface area is 120 Å². The molecule has 3 N–H and O–H groups in total. The lowest BCUT2D eigenvalue weighted by molar-refractivity contribution is 0.0341. The molecule has 3 nitrogen and oxygen atoms in total. The summed E-state index contributed by atoms with van der Waals surface area (Å²) in [5, 5.41) is 10.9. The third kappa shape index (κ3) is 2.31. The van der Waals surface area contributed by atoms with Crippen LogP contribution in [0.4, 0.5) is 0 Å². The van der Waals surface area contributed by atoms with E-state index in [0.29, 0.717) is 12.8 Å². The van der Waals surface area contributed by atoms with Gasteiger partial charge in [0, 0.05) is 29.3 Å². The van der Waals surface area contributed by atoms with Crippen molar-refractivity contribution in [1.29, 1.82) is 0 Å². The van der Waals surface area contributed by atoms with Crippen molar-refractivity contribution in [1.82, 2.24) is 4.98 Å². The lowest BCUT2D eigenvalue weighted by Gasteiger charge is -2.24. The van der Waals surface area contributed by atoms with E-state index >= 15 is 0 Å². The second-order valence-corrected chi connectivity index (χ2v) is 6.03. The highest BCUT2D eigenvalue weighted by Crippen LogP contribution is 2.43. The van der Waals surface area contributed by atoms with Crippen LogP contribution < -0.4 is 5.73 Å². The number of nitrogens with zero attached hydrogens (tertiary/aromatic N) is 1. The van der Waals surface area contributed by atoms with E-state index in [1.54, 1.807) is 12.4 Å². The van der Waals surface area contributed by atoms with Crippen LogP contribution in [-0.2, 0) is 12.0 Å². The number of pyridine rings is 1. The first-order chi connectivity index (χ1) is 9.08. The molecular weight excluding hydrogens is 304 g/mol. The standard InChI is InChI=1S/C15H15BrN2O/c16-11-5-10(8-18-9-11)6-15(19)7-14(17)12-3-1-2-4-13(12)15/h1-5,8-9,14,19H,6-7,17H2. The van der Waals surface area contributed by atoms with Gasteiger partial charge in [-0.1, -0.05) is 24.3 Å². The van der Waals surface area contributed by atoms with Gasteiger partial charge >= 0.3 is 0 Å². The first kappa shape index (κ1) is 12.8. The van der Waals surface area contributed by atoms with E-state index in [1.807, 2.05) is 30.3 Å². The largest absolute Gasteiger partial charge is 0.385 e. The fourth-order valence-electron chi connectivity index (χ4n) is 2.89. The number of aromatic nitrogens is 1. The van der Waals surface area contributed by atoms with Gasteiger partial charge in [0.15, 0.2) is 0 Å². The van der Waals surface area contributed by atoms with Crippen molar-refractivity contribution < 1.29 is 5.11 Å². The maximum atomic E-state index is 10.9. The summed E-state index contributed by atoms with van der Waals surface area (Å²) in [6.45, 7) is 0. The zero-order valence-electron chi connectivity index (χ0n) is 10.4. The summed E-state index contributed by atoms with van der Waals surface area (Å²) in [7, 11) is 0. The minimum atomic E-state index is -0.890. The summed E-state index contributed by atoms with van der Waals surface area (Å²) < 4.78 is 0.921. The van der Waals surface area contributed by atoms with Crippen LogP contribution in [0, 0.1) is 0 Å². The quantitative estimate of drug-likeness (QED) is 0.895. The number of hydrogen-bond donors (Lipinski definition) is 2. The Bertz CT molecular complexity index is 617. The average molecular weight is 319 g/mol. The van der Waals surface area contributed by atoms with Crippen molar-refractivity contribution in [3.05, 3.63) is 63.9 Å². The first-order valence-electron chi connectivity index (χ1n) is 6.25. The van der Waals surface area contributed by atoms with Gasteiger partial charge in [0.05, 0.1) is 5.60 Å². The van der Waals surface area contributed by atoms with Crippen LogP contribution in [0.15, 0.2) is 47.2 Å². The Kier molecular flexibility index (Phi) is 3.17. The summed E-state index contributed by atoms with van der Waals surface area (Å²) in [6.07, 6.45) is 4.61. The number of nitrogens with two attached hydrogens (primary N) is 1. The van der Waals surface area contributed by atoms with Crippen LogP contribution in [0.5, 0.6) is 0 Å². The third-order valence-electron chi connectivity index (χ3n) is 3.68. The van der Waals surface area contributed by atoms with Gasteiger partial charge in [0.1, 0.15) is 0 Å². The highest BCUT2D eigenvalue weighted by Gasteiger charge is 2.40. The Morgan fingerprint density at radius 1 is 1.37 bits per heavy atom. The second kappa shape index (κ2) is 4.71. The zero-order chi connectivity index (χ0) is 13.5. The molecule has 1 aliphatic carbocycles. The smallest absolute Gasteiger partial charge is 0.0958 e. The summed E-state index contributed by atoms with van der Waals surface area (Å²) in [6, 6.07) is 9.76. The molecule has 0 amide bonds. The van der Waals surface area contributed by atoms with Crippen LogP contribution in [-0.4, -0.2) is 10.1 Å². The minimum absolute atomic E-state index is 0.0960. The van der Waals surface area contributed by atoms with Gasteiger partial charge in [-0.2, -0.15) is 0 Å². The van der Waals surface area contributed by atoms with Gasteiger partial charge < -0.3 is 10.8 Å². The minimum Gasteiger partial charge on any atom is -0.385 e. The molecule has 0 radical (unpaired) electrons. The molecule has 1 aromatic carbocycles. The number of hydrogen-bond acceptors (Lipinski definition) is 3. The normalized spacial score (nSPS) is 25.3. The van der Waals surface area contributed by atoms with E-state index in [0.717, 1.165) is 21.2 Å². The van der Waals surface area contributed by atoms with Crippen LogP contribution in [0.3, 0.4) is 0 Å². The van der Waals surface area contributed by atoms with E-state index < -0.39 is 5.60 Å². The van der Waals surface area contributed by atoms with E-state index in [-0.39, 0.29) is 6.04 Å². The van der Waals surface area contributed by atoms with Gasteiger partial charge in [-0.25, -0.2) is 0 Å². The molecule has 0 saturated carbocycles. The molecule has 19 heavy (non-hydrogen) atoms. The second-order valence-electron chi connectivity index (χ2n) is 5.12. The monoisotopic (exact) mass is 318 g/mol. The van der Waals surface area contributed by atoms with Crippen molar-refractivity contribution in [2.24, 2.45) is 5.73 Å². The summed E-state index contributed by atoms with van der Waals surface area (Å²) in [5.41, 5.74) is 8.23. The summed E-state index contributed by atoms with van der Waals surface area (Å²) in [5.74, 6) is 0. The number of benzene rings is 1. The van der Waals surface area contributed by atoms with E-state index in [2.05, 4.69) is 20.9 Å².